The summed E-state index contributed by atoms with van der Waals surface area (Å²) in [5.41, 5.74) is 2.22. The molecule has 0 bridgehead atoms. The lowest BCUT2D eigenvalue weighted by atomic mass is 9.95. The van der Waals surface area contributed by atoms with Gasteiger partial charge in [-0.1, -0.05) is 13.3 Å². The summed E-state index contributed by atoms with van der Waals surface area (Å²) in [5.74, 6) is 0.764. The van der Waals surface area contributed by atoms with Crippen LogP contribution in [-0.2, 0) is 6.54 Å². The molecule has 0 spiro atoms. The van der Waals surface area contributed by atoms with E-state index < -0.39 is 0 Å². The smallest absolute Gasteiger partial charge is 0.269 e. The normalized spacial score (nSPS) is 19.4. The van der Waals surface area contributed by atoms with E-state index in [2.05, 4.69) is 17.1 Å². The zero-order valence-electron chi connectivity index (χ0n) is 13.0. The van der Waals surface area contributed by atoms with Crippen LogP contribution in [-0.4, -0.2) is 29.5 Å². The molecule has 0 saturated carbocycles. The van der Waals surface area contributed by atoms with Gasteiger partial charge in [0, 0.05) is 37.5 Å². The number of nitrogens with one attached hydrogen (secondary N) is 1. The second kappa shape index (κ2) is 7.41. The molecular formula is C16H25N3O2. The van der Waals surface area contributed by atoms with Crippen molar-refractivity contribution in [2.24, 2.45) is 5.92 Å². The van der Waals surface area contributed by atoms with E-state index in [1.54, 1.807) is 12.1 Å². The van der Waals surface area contributed by atoms with Gasteiger partial charge in [0.2, 0.25) is 0 Å². The number of piperidine rings is 1. The van der Waals surface area contributed by atoms with Crippen molar-refractivity contribution in [1.29, 1.82) is 0 Å². The second-order valence-corrected chi connectivity index (χ2v) is 5.78. The number of rotatable bonds is 6. The van der Waals surface area contributed by atoms with Crippen LogP contribution < -0.4 is 5.32 Å². The number of nitrogens with zero attached hydrogens (tertiary/aromatic N) is 2. The summed E-state index contributed by atoms with van der Waals surface area (Å²) >= 11 is 0. The molecule has 1 aliphatic heterocycles. The van der Waals surface area contributed by atoms with Gasteiger partial charge >= 0.3 is 0 Å². The molecule has 5 nitrogen and oxygen atoms in total. The number of non-ortho nitro benzene ring substituents is 1. The molecule has 0 radical (unpaired) electrons. The number of nitro benzene ring substituents is 1. The van der Waals surface area contributed by atoms with Crippen LogP contribution in [0.4, 0.5) is 11.4 Å². The van der Waals surface area contributed by atoms with E-state index in [9.17, 15) is 10.1 Å². The maximum atomic E-state index is 11.0. The first kappa shape index (κ1) is 15.8. The number of hydrogen-bond donors (Lipinski definition) is 1. The van der Waals surface area contributed by atoms with Crippen LogP contribution in [0.15, 0.2) is 18.2 Å². The molecule has 1 atom stereocenters. The highest BCUT2D eigenvalue weighted by molar-refractivity contribution is 5.56. The summed E-state index contributed by atoms with van der Waals surface area (Å²) in [6, 6.07) is 5.12. The van der Waals surface area contributed by atoms with Crippen LogP contribution >= 0.6 is 0 Å². The van der Waals surface area contributed by atoms with Crippen LogP contribution in [0.25, 0.3) is 0 Å². The maximum absolute atomic E-state index is 11.0. The fraction of sp³-hybridized carbons (Fsp3) is 0.625. The Kier molecular flexibility index (Phi) is 5.56. The van der Waals surface area contributed by atoms with Crippen LogP contribution in [0.2, 0.25) is 0 Å². The predicted octanol–water partition coefficient (Wildman–Crippen LogP) is 3.65. The molecular weight excluding hydrogens is 266 g/mol. The highest BCUT2D eigenvalue weighted by Gasteiger charge is 2.20. The van der Waals surface area contributed by atoms with Crippen molar-refractivity contribution in [3.05, 3.63) is 33.9 Å². The number of hydrogen-bond acceptors (Lipinski definition) is 4. The van der Waals surface area contributed by atoms with E-state index in [1.807, 2.05) is 13.0 Å². The molecule has 1 heterocycles. The molecule has 1 saturated heterocycles. The second-order valence-electron chi connectivity index (χ2n) is 5.78. The third-order valence-electron chi connectivity index (χ3n) is 4.24. The van der Waals surface area contributed by atoms with Gasteiger partial charge < -0.3 is 5.32 Å². The quantitative estimate of drug-likeness (QED) is 0.642. The van der Waals surface area contributed by atoms with Crippen LogP contribution in [0.5, 0.6) is 0 Å². The summed E-state index contributed by atoms with van der Waals surface area (Å²) in [6.45, 7) is 8.09. The number of nitro groups is 1. The fourth-order valence-corrected chi connectivity index (χ4v) is 3.06. The van der Waals surface area contributed by atoms with E-state index in [-0.39, 0.29) is 10.6 Å². The summed E-state index contributed by atoms with van der Waals surface area (Å²) in [7, 11) is 0. The lowest BCUT2D eigenvalue weighted by Crippen LogP contribution is -2.34. The zero-order chi connectivity index (χ0) is 15.2. The standard InChI is InChI=1S/C16H25N3O2/c1-3-13-6-5-9-18(11-13)12-14-10-15(19(20)21)7-8-16(14)17-4-2/h7-8,10,13,17H,3-6,9,11-12H2,1-2H3. The molecule has 116 valence electrons. The average Bonchev–Trinajstić information content (AvgIpc) is 2.49. The number of benzene rings is 1. The molecule has 0 aliphatic carbocycles. The minimum absolute atomic E-state index is 0.177. The highest BCUT2D eigenvalue weighted by atomic mass is 16.6. The lowest BCUT2D eigenvalue weighted by Gasteiger charge is -2.32. The van der Waals surface area contributed by atoms with Gasteiger partial charge in [0.05, 0.1) is 4.92 Å². The Morgan fingerprint density at radius 2 is 2.24 bits per heavy atom. The first-order chi connectivity index (χ1) is 10.1. The van der Waals surface area contributed by atoms with Gasteiger partial charge in [-0.25, -0.2) is 0 Å². The van der Waals surface area contributed by atoms with Crippen molar-refractivity contribution in [3.8, 4) is 0 Å². The average molecular weight is 291 g/mol. The first-order valence-electron chi connectivity index (χ1n) is 7.87. The topological polar surface area (TPSA) is 58.4 Å². The first-order valence-corrected chi connectivity index (χ1v) is 7.87. The third-order valence-corrected chi connectivity index (χ3v) is 4.24. The highest BCUT2D eigenvalue weighted by Crippen LogP contribution is 2.26. The monoisotopic (exact) mass is 291 g/mol. The summed E-state index contributed by atoms with van der Waals surface area (Å²) in [6.07, 6.45) is 3.75. The van der Waals surface area contributed by atoms with Gasteiger partial charge in [0.15, 0.2) is 0 Å². The molecule has 1 fully saturated rings. The number of likely N-dealkylation sites (tertiary alicyclic amines) is 1. The third kappa shape index (κ3) is 4.17. The van der Waals surface area contributed by atoms with E-state index in [4.69, 9.17) is 0 Å². The van der Waals surface area contributed by atoms with Gasteiger partial charge in [-0.05, 0) is 43.9 Å². The Hall–Kier alpha value is -1.62. The molecule has 2 rings (SSSR count). The van der Waals surface area contributed by atoms with Gasteiger partial charge in [-0.15, -0.1) is 0 Å². The van der Waals surface area contributed by atoms with Crippen molar-refractivity contribution >= 4 is 11.4 Å². The van der Waals surface area contributed by atoms with Crippen molar-refractivity contribution in [2.75, 3.05) is 25.0 Å². The van der Waals surface area contributed by atoms with Gasteiger partial charge in [0.25, 0.3) is 5.69 Å². The van der Waals surface area contributed by atoms with Crippen molar-refractivity contribution in [3.63, 3.8) is 0 Å². The van der Waals surface area contributed by atoms with Crippen LogP contribution in [0, 0.1) is 16.0 Å². The Morgan fingerprint density at radius 1 is 1.43 bits per heavy atom. The molecule has 0 amide bonds. The molecule has 1 N–H and O–H groups in total. The molecule has 0 aromatic heterocycles. The predicted molar refractivity (Wildman–Crippen MR) is 85.6 cm³/mol. The van der Waals surface area contributed by atoms with E-state index in [0.29, 0.717) is 0 Å². The van der Waals surface area contributed by atoms with Crippen LogP contribution in [0.1, 0.15) is 38.7 Å². The largest absolute Gasteiger partial charge is 0.385 e. The zero-order valence-corrected chi connectivity index (χ0v) is 13.0. The van der Waals surface area contributed by atoms with E-state index in [1.165, 1.54) is 19.3 Å². The fourth-order valence-electron chi connectivity index (χ4n) is 3.06. The van der Waals surface area contributed by atoms with E-state index in [0.717, 1.165) is 43.3 Å². The number of anilines is 1. The van der Waals surface area contributed by atoms with Gasteiger partial charge in [0.1, 0.15) is 0 Å². The molecule has 5 heteroatoms. The summed E-state index contributed by atoms with van der Waals surface area (Å²) in [4.78, 5) is 13.1. The van der Waals surface area contributed by atoms with Crippen molar-refractivity contribution < 1.29 is 4.92 Å². The maximum Gasteiger partial charge on any atom is 0.269 e. The summed E-state index contributed by atoms with van der Waals surface area (Å²) in [5, 5.41) is 14.3. The Bertz CT molecular complexity index is 490. The Morgan fingerprint density at radius 3 is 2.90 bits per heavy atom. The van der Waals surface area contributed by atoms with Crippen molar-refractivity contribution in [2.45, 2.75) is 39.7 Å². The minimum Gasteiger partial charge on any atom is -0.385 e. The van der Waals surface area contributed by atoms with Crippen molar-refractivity contribution in [1.82, 2.24) is 4.90 Å². The van der Waals surface area contributed by atoms with E-state index >= 15 is 0 Å². The Balaban J connectivity index is 2.15. The molecule has 1 aliphatic rings. The molecule has 1 aromatic rings. The van der Waals surface area contributed by atoms with Gasteiger partial charge in [-0.3, -0.25) is 15.0 Å². The molecule has 21 heavy (non-hydrogen) atoms. The molecule has 1 aromatic carbocycles. The van der Waals surface area contributed by atoms with Crippen LogP contribution in [0.3, 0.4) is 0 Å². The van der Waals surface area contributed by atoms with Gasteiger partial charge in [-0.2, -0.15) is 0 Å². The SMILES string of the molecule is CCNc1ccc([N+](=O)[O-])cc1CN1CCCC(CC)C1. The lowest BCUT2D eigenvalue weighted by molar-refractivity contribution is -0.384. The molecule has 1 unspecified atom stereocenters. The minimum atomic E-state index is -0.315. The summed E-state index contributed by atoms with van der Waals surface area (Å²) < 4.78 is 0. The Labute approximate surface area is 126 Å².